The Morgan fingerprint density at radius 3 is 2.59 bits per heavy atom. The van der Waals surface area contributed by atoms with Crippen molar-refractivity contribution in [2.24, 2.45) is 5.41 Å². The van der Waals surface area contributed by atoms with E-state index in [0.717, 1.165) is 25.9 Å². The molecule has 2 atom stereocenters. The quantitative estimate of drug-likeness (QED) is 0.696. The summed E-state index contributed by atoms with van der Waals surface area (Å²) in [6.07, 6.45) is 6.57. The first-order valence-electron chi connectivity index (χ1n) is 7.03. The zero-order valence-corrected chi connectivity index (χ0v) is 11.5. The van der Waals surface area contributed by atoms with E-state index in [9.17, 15) is 9.90 Å². The van der Waals surface area contributed by atoms with Gasteiger partial charge in [-0.2, -0.15) is 0 Å². The van der Waals surface area contributed by atoms with Gasteiger partial charge in [0.05, 0.1) is 5.41 Å². The van der Waals surface area contributed by atoms with E-state index < -0.39 is 11.4 Å². The monoisotopic (exact) mass is 241 g/mol. The summed E-state index contributed by atoms with van der Waals surface area (Å²) in [5.74, 6) is -0.608. The van der Waals surface area contributed by atoms with Crippen molar-refractivity contribution >= 4 is 5.97 Å². The van der Waals surface area contributed by atoms with Gasteiger partial charge in [-0.3, -0.25) is 9.69 Å². The predicted molar refractivity (Wildman–Crippen MR) is 70.2 cm³/mol. The maximum atomic E-state index is 11.4. The van der Waals surface area contributed by atoms with E-state index in [2.05, 4.69) is 18.7 Å². The van der Waals surface area contributed by atoms with Crippen molar-refractivity contribution in [2.45, 2.75) is 65.3 Å². The van der Waals surface area contributed by atoms with E-state index in [-0.39, 0.29) is 0 Å². The van der Waals surface area contributed by atoms with Crippen molar-refractivity contribution in [1.29, 1.82) is 0 Å². The number of unbranched alkanes of at least 4 members (excludes halogenated alkanes) is 2. The third-order valence-electron chi connectivity index (χ3n) is 4.36. The lowest BCUT2D eigenvalue weighted by molar-refractivity contribution is -0.148. The minimum Gasteiger partial charge on any atom is -0.481 e. The molecule has 0 saturated carbocycles. The first-order valence-corrected chi connectivity index (χ1v) is 7.03. The van der Waals surface area contributed by atoms with Gasteiger partial charge < -0.3 is 5.11 Å². The summed E-state index contributed by atoms with van der Waals surface area (Å²) >= 11 is 0. The van der Waals surface area contributed by atoms with E-state index in [0.29, 0.717) is 6.04 Å². The Hall–Kier alpha value is -0.570. The predicted octanol–water partition coefficient (Wildman–Crippen LogP) is 3.14. The summed E-state index contributed by atoms with van der Waals surface area (Å²) in [6.45, 7) is 8.15. The average Bonchev–Trinajstić information content (AvgIpc) is 2.75. The Balaban J connectivity index is 2.45. The van der Waals surface area contributed by atoms with Gasteiger partial charge in [0.1, 0.15) is 0 Å². The molecule has 0 aliphatic carbocycles. The third-order valence-corrected chi connectivity index (χ3v) is 4.36. The number of carboxylic acids is 1. The lowest BCUT2D eigenvalue weighted by Gasteiger charge is -2.27. The van der Waals surface area contributed by atoms with Crippen LogP contribution in [0.5, 0.6) is 0 Å². The summed E-state index contributed by atoms with van der Waals surface area (Å²) in [4.78, 5) is 13.7. The number of aliphatic carboxylic acids is 1. The Morgan fingerprint density at radius 2 is 2.12 bits per heavy atom. The summed E-state index contributed by atoms with van der Waals surface area (Å²) < 4.78 is 0. The highest BCUT2D eigenvalue weighted by atomic mass is 16.4. The molecule has 0 bridgehead atoms. The third kappa shape index (κ3) is 3.44. The van der Waals surface area contributed by atoms with Gasteiger partial charge in [-0.05, 0) is 32.7 Å². The molecule has 3 nitrogen and oxygen atoms in total. The van der Waals surface area contributed by atoms with E-state index >= 15 is 0 Å². The van der Waals surface area contributed by atoms with Crippen LogP contribution in [0.15, 0.2) is 0 Å². The highest BCUT2D eigenvalue weighted by molar-refractivity contribution is 5.75. The van der Waals surface area contributed by atoms with E-state index in [1.54, 1.807) is 0 Å². The van der Waals surface area contributed by atoms with Crippen molar-refractivity contribution in [1.82, 2.24) is 4.90 Å². The average molecular weight is 241 g/mol. The smallest absolute Gasteiger partial charge is 0.310 e. The van der Waals surface area contributed by atoms with Crippen LogP contribution in [0.4, 0.5) is 0 Å². The first kappa shape index (κ1) is 14.5. The molecule has 17 heavy (non-hydrogen) atoms. The summed E-state index contributed by atoms with van der Waals surface area (Å²) in [5, 5.41) is 9.35. The maximum Gasteiger partial charge on any atom is 0.310 e. The molecular formula is C14H27NO2. The van der Waals surface area contributed by atoms with Crippen LogP contribution in [-0.4, -0.2) is 35.1 Å². The molecule has 1 saturated heterocycles. The minimum absolute atomic E-state index is 0.473. The molecule has 1 fully saturated rings. The van der Waals surface area contributed by atoms with Crippen molar-refractivity contribution in [3.63, 3.8) is 0 Å². The topological polar surface area (TPSA) is 40.5 Å². The molecule has 1 aliphatic heterocycles. The van der Waals surface area contributed by atoms with Crippen molar-refractivity contribution in [2.75, 3.05) is 13.1 Å². The van der Waals surface area contributed by atoms with Crippen LogP contribution in [-0.2, 0) is 4.79 Å². The molecule has 100 valence electrons. The molecule has 0 amide bonds. The van der Waals surface area contributed by atoms with Crippen LogP contribution in [0.25, 0.3) is 0 Å². The molecule has 2 unspecified atom stereocenters. The van der Waals surface area contributed by atoms with Crippen LogP contribution < -0.4 is 0 Å². The highest BCUT2D eigenvalue weighted by Gasteiger charge is 2.44. The van der Waals surface area contributed by atoms with Gasteiger partial charge in [-0.15, -0.1) is 0 Å². The molecule has 0 aromatic heterocycles. The summed E-state index contributed by atoms with van der Waals surface area (Å²) in [5.41, 5.74) is -0.473. The fourth-order valence-corrected chi connectivity index (χ4v) is 2.77. The second kappa shape index (κ2) is 6.39. The Kier molecular flexibility index (Phi) is 5.44. The molecule has 1 N–H and O–H groups in total. The van der Waals surface area contributed by atoms with Crippen LogP contribution in [0.1, 0.15) is 59.3 Å². The van der Waals surface area contributed by atoms with Gasteiger partial charge in [0, 0.05) is 12.6 Å². The van der Waals surface area contributed by atoms with Gasteiger partial charge >= 0.3 is 5.97 Å². The van der Waals surface area contributed by atoms with Crippen molar-refractivity contribution in [3.05, 3.63) is 0 Å². The van der Waals surface area contributed by atoms with Gasteiger partial charge in [-0.1, -0.05) is 33.1 Å². The van der Waals surface area contributed by atoms with E-state index in [1.165, 1.54) is 25.7 Å². The zero-order valence-electron chi connectivity index (χ0n) is 11.5. The number of likely N-dealkylation sites (tertiary alicyclic amines) is 1. The van der Waals surface area contributed by atoms with Crippen LogP contribution in [0.3, 0.4) is 0 Å². The summed E-state index contributed by atoms with van der Waals surface area (Å²) in [6, 6.07) is 0.536. The number of carboxylic acid groups (broad SMARTS) is 1. The Bertz CT molecular complexity index is 255. The largest absolute Gasteiger partial charge is 0.481 e. The molecule has 1 rings (SSSR count). The Morgan fingerprint density at radius 1 is 1.41 bits per heavy atom. The van der Waals surface area contributed by atoms with Crippen LogP contribution in [0, 0.1) is 5.41 Å². The molecule has 0 spiro atoms. The normalized spacial score (nSPS) is 27.2. The first-order chi connectivity index (χ1) is 8.05. The Labute approximate surface area is 105 Å². The van der Waals surface area contributed by atoms with Crippen molar-refractivity contribution in [3.8, 4) is 0 Å². The SMILES string of the molecule is CCCCCC(C)N1CCC(CC)(C(=O)O)C1. The fraction of sp³-hybridized carbons (Fsp3) is 0.929. The highest BCUT2D eigenvalue weighted by Crippen LogP contribution is 2.35. The van der Waals surface area contributed by atoms with Gasteiger partial charge in [-0.25, -0.2) is 0 Å². The molecule has 0 radical (unpaired) electrons. The van der Waals surface area contributed by atoms with Gasteiger partial charge in [0.25, 0.3) is 0 Å². The number of hydrogen-bond donors (Lipinski definition) is 1. The number of rotatable bonds is 7. The van der Waals surface area contributed by atoms with Crippen molar-refractivity contribution < 1.29 is 9.90 Å². The maximum absolute atomic E-state index is 11.4. The van der Waals surface area contributed by atoms with Crippen LogP contribution in [0.2, 0.25) is 0 Å². The van der Waals surface area contributed by atoms with Gasteiger partial charge in [0.2, 0.25) is 0 Å². The summed E-state index contributed by atoms with van der Waals surface area (Å²) in [7, 11) is 0. The molecule has 1 aliphatic rings. The minimum atomic E-state index is -0.608. The zero-order chi connectivity index (χ0) is 12.9. The number of carbonyl (C=O) groups is 1. The molecule has 1 heterocycles. The fourth-order valence-electron chi connectivity index (χ4n) is 2.77. The second-order valence-corrected chi connectivity index (χ2v) is 5.50. The molecule has 3 heteroatoms. The number of nitrogens with zero attached hydrogens (tertiary/aromatic N) is 1. The van der Waals surface area contributed by atoms with Crippen LogP contribution >= 0.6 is 0 Å². The lowest BCUT2D eigenvalue weighted by atomic mass is 9.84. The molecule has 0 aromatic rings. The van der Waals surface area contributed by atoms with E-state index in [4.69, 9.17) is 0 Å². The second-order valence-electron chi connectivity index (χ2n) is 5.50. The molecule has 0 aromatic carbocycles. The molecular weight excluding hydrogens is 214 g/mol. The van der Waals surface area contributed by atoms with E-state index in [1.807, 2.05) is 6.92 Å². The van der Waals surface area contributed by atoms with Gasteiger partial charge in [0.15, 0.2) is 0 Å². The standard InChI is InChI=1S/C14H27NO2/c1-4-6-7-8-12(3)15-10-9-14(5-2,11-15)13(16)17/h12H,4-11H2,1-3H3,(H,16,17). The lowest BCUT2D eigenvalue weighted by Crippen LogP contribution is -2.37. The number of hydrogen-bond acceptors (Lipinski definition) is 2.